The molecule has 3 aromatic carbocycles. The van der Waals surface area contributed by atoms with E-state index in [1.807, 2.05) is 81.4 Å². The summed E-state index contributed by atoms with van der Waals surface area (Å²) in [5, 5.41) is 0.490. The molecule has 0 fully saturated rings. The van der Waals surface area contributed by atoms with E-state index in [0.717, 1.165) is 34.4 Å². The molecule has 0 saturated heterocycles. The van der Waals surface area contributed by atoms with Crippen LogP contribution in [-0.4, -0.2) is 12.5 Å². The first kappa shape index (κ1) is 22.0. The van der Waals surface area contributed by atoms with Crippen LogP contribution in [0, 0.1) is 20.8 Å². The van der Waals surface area contributed by atoms with Gasteiger partial charge < -0.3 is 9.15 Å². The SMILES string of the molecule is CCCOc1cccc(C2c3c(oc4cc(C)c(C)cc4c3=O)C(=O)N2c2cccc(C)c2)c1. The Kier molecular flexibility index (Phi) is 5.48. The Morgan fingerprint density at radius 2 is 1.71 bits per heavy atom. The van der Waals surface area contributed by atoms with Gasteiger partial charge in [0.25, 0.3) is 5.91 Å². The lowest BCUT2D eigenvalue weighted by molar-refractivity contribution is 0.0971. The van der Waals surface area contributed by atoms with E-state index in [0.29, 0.717) is 28.9 Å². The van der Waals surface area contributed by atoms with E-state index in [1.54, 1.807) is 4.90 Å². The van der Waals surface area contributed by atoms with Gasteiger partial charge in [0, 0.05) is 5.69 Å². The largest absolute Gasteiger partial charge is 0.494 e. The number of rotatable bonds is 5. The molecule has 0 bridgehead atoms. The summed E-state index contributed by atoms with van der Waals surface area (Å²) in [5.41, 5.74) is 5.19. The molecule has 1 aromatic heterocycles. The van der Waals surface area contributed by atoms with Crippen molar-refractivity contribution in [1.82, 2.24) is 0 Å². The van der Waals surface area contributed by atoms with E-state index < -0.39 is 6.04 Å². The van der Waals surface area contributed by atoms with Crippen LogP contribution < -0.4 is 15.1 Å². The maximum atomic E-state index is 13.8. The molecule has 34 heavy (non-hydrogen) atoms. The summed E-state index contributed by atoms with van der Waals surface area (Å²) in [4.78, 5) is 29.3. The van der Waals surface area contributed by atoms with E-state index in [4.69, 9.17) is 9.15 Å². The molecule has 0 spiro atoms. The summed E-state index contributed by atoms with van der Waals surface area (Å²) in [6, 6.07) is 18.4. The lowest BCUT2D eigenvalue weighted by Crippen LogP contribution is -2.29. The number of hydrogen-bond donors (Lipinski definition) is 0. The summed E-state index contributed by atoms with van der Waals surface area (Å²) in [5.74, 6) is 0.496. The molecule has 1 atom stereocenters. The van der Waals surface area contributed by atoms with Gasteiger partial charge in [0.1, 0.15) is 11.3 Å². The second kappa shape index (κ2) is 8.49. The number of amides is 1. The molecule has 5 rings (SSSR count). The Morgan fingerprint density at radius 3 is 2.47 bits per heavy atom. The molecular formula is C29H27NO4. The summed E-state index contributed by atoms with van der Waals surface area (Å²) >= 11 is 0. The molecule has 0 radical (unpaired) electrons. The predicted molar refractivity (Wildman–Crippen MR) is 134 cm³/mol. The number of carbonyl (C=O) groups is 1. The fourth-order valence-corrected chi connectivity index (χ4v) is 4.58. The highest BCUT2D eigenvalue weighted by Crippen LogP contribution is 2.42. The molecule has 0 N–H and O–H groups in total. The van der Waals surface area contributed by atoms with Gasteiger partial charge in [-0.1, -0.05) is 31.2 Å². The predicted octanol–water partition coefficient (Wildman–Crippen LogP) is 6.26. The normalized spacial score (nSPS) is 15.1. The van der Waals surface area contributed by atoms with Gasteiger partial charge in [-0.25, -0.2) is 0 Å². The first-order valence-electron chi connectivity index (χ1n) is 11.6. The number of nitrogens with zero attached hydrogens (tertiary/aromatic N) is 1. The van der Waals surface area contributed by atoms with Crippen LogP contribution in [0.15, 0.2) is 69.9 Å². The fraction of sp³-hybridized carbons (Fsp3) is 0.241. The van der Waals surface area contributed by atoms with Crippen LogP contribution in [0.1, 0.15) is 57.8 Å². The van der Waals surface area contributed by atoms with Gasteiger partial charge in [0.15, 0.2) is 5.43 Å². The van der Waals surface area contributed by atoms with E-state index in [-0.39, 0.29) is 17.1 Å². The maximum Gasteiger partial charge on any atom is 0.295 e. The van der Waals surface area contributed by atoms with E-state index in [9.17, 15) is 9.59 Å². The van der Waals surface area contributed by atoms with E-state index in [1.165, 1.54) is 0 Å². The molecule has 2 heterocycles. The highest BCUT2D eigenvalue weighted by molar-refractivity contribution is 6.10. The molecule has 1 unspecified atom stereocenters. The Hall–Kier alpha value is -3.86. The lowest BCUT2D eigenvalue weighted by Gasteiger charge is -2.26. The molecule has 1 aliphatic heterocycles. The quantitative estimate of drug-likeness (QED) is 0.358. The van der Waals surface area contributed by atoms with Gasteiger partial charge in [-0.3, -0.25) is 14.5 Å². The number of carbonyl (C=O) groups excluding carboxylic acids is 1. The molecule has 1 amide bonds. The highest BCUT2D eigenvalue weighted by Gasteiger charge is 2.43. The van der Waals surface area contributed by atoms with Gasteiger partial charge >= 0.3 is 0 Å². The molecule has 0 saturated carbocycles. The van der Waals surface area contributed by atoms with Crippen LogP contribution in [0.25, 0.3) is 11.0 Å². The fourth-order valence-electron chi connectivity index (χ4n) is 4.58. The number of fused-ring (bicyclic) bond motifs is 2. The Labute approximate surface area is 198 Å². The maximum absolute atomic E-state index is 13.8. The number of hydrogen-bond acceptors (Lipinski definition) is 4. The first-order chi connectivity index (χ1) is 16.4. The molecule has 172 valence electrons. The zero-order valence-electron chi connectivity index (χ0n) is 19.8. The van der Waals surface area contributed by atoms with Crippen molar-refractivity contribution in [2.75, 3.05) is 11.5 Å². The van der Waals surface area contributed by atoms with Crippen LogP contribution in [0.3, 0.4) is 0 Å². The number of aryl methyl sites for hydroxylation is 3. The van der Waals surface area contributed by atoms with E-state index >= 15 is 0 Å². The first-order valence-corrected chi connectivity index (χ1v) is 11.6. The van der Waals surface area contributed by atoms with Crippen molar-refractivity contribution in [2.24, 2.45) is 0 Å². The van der Waals surface area contributed by atoms with Gasteiger partial charge in [-0.2, -0.15) is 0 Å². The molecule has 5 nitrogen and oxygen atoms in total. The minimum absolute atomic E-state index is 0.104. The molecule has 1 aliphatic rings. The molecule has 4 aromatic rings. The van der Waals surface area contributed by atoms with Gasteiger partial charge in [-0.15, -0.1) is 0 Å². The van der Waals surface area contributed by atoms with Crippen molar-refractivity contribution in [3.63, 3.8) is 0 Å². The van der Waals surface area contributed by atoms with Crippen molar-refractivity contribution >= 4 is 22.6 Å². The smallest absolute Gasteiger partial charge is 0.295 e. The van der Waals surface area contributed by atoms with Crippen LogP contribution in [-0.2, 0) is 0 Å². The number of ether oxygens (including phenoxy) is 1. The Balaban J connectivity index is 1.78. The highest BCUT2D eigenvalue weighted by atomic mass is 16.5. The third-order valence-electron chi connectivity index (χ3n) is 6.41. The van der Waals surface area contributed by atoms with Gasteiger partial charge in [-0.05, 0) is 85.8 Å². The zero-order valence-corrected chi connectivity index (χ0v) is 19.8. The average Bonchev–Trinajstić information content (AvgIpc) is 3.12. The summed E-state index contributed by atoms with van der Waals surface area (Å²) in [6.45, 7) is 8.56. The second-order valence-corrected chi connectivity index (χ2v) is 8.94. The van der Waals surface area contributed by atoms with Crippen molar-refractivity contribution in [3.8, 4) is 5.75 Å². The Morgan fingerprint density at radius 1 is 0.941 bits per heavy atom. The average molecular weight is 454 g/mol. The molecule has 5 heteroatoms. The number of benzene rings is 3. The minimum Gasteiger partial charge on any atom is -0.494 e. The topological polar surface area (TPSA) is 59.8 Å². The Bertz CT molecular complexity index is 1480. The van der Waals surface area contributed by atoms with Crippen molar-refractivity contribution < 1.29 is 13.9 Å². The molecular weight excluding hydrogens is 426 g/mol. The monoisotopic (exact) mass is 453 g/mol. The van der Waals surface area contributed by atoms with Crippen molar-refractivity contribution in [1.29, 1.82) is 0 Å². The van der Waals surface area contributed by atoms with Crippen molar-refractivity contribution in [2.45, 2.75) is 40.2 Å². The van der Waals surface area contributed by atoms with Gasteiger partial charge in [0.05, 0.1) is 23.6 Å². The standard InChI is InChI=1S/C29H27NO4/c1-5-12-33-22-11-7-9-20(16-22)26-25-27(31)23-14-18(3)19(4)15-24(23)34-28(25)29(32)30(26)21-10-6-8-17(2)13-21/h6-11,13-16,26H,5,12H2,1-4H3. The van der Waals surface area contributed by atoms with E-state index in [2.05, 4.69) is 6.92 Å². The summed E-state index contributed by atoms with van der Waals surface area (Å²) in [7, 11) is 0. The van der Waals surface area contributed by atoms with Gasteiger partial charge in [0.2, 0.25) is 5.76 Å². The minimum atomic E-state index is -0.614. The summed E-state index contributed by atoms with van der Waals surface area (Å²) in [6.07, 6.45) is 0.888. The van der Waals surface area contributed by atoms with Crippen molar-refractivity contribution in [3.05, 3.63) is 104 Å². The van der Waals surface area contributed by atoms with Crippen LogP contribution in [0.5, 0.6) is 5.75 Å². The second-order valence-electron chi connectivity index (χ2n) is 8.94. The van der Waals surface area contributed by atoms with Crippen LogP contribution in [0.2, 0.25) is 0 Å². The lowest BCUT2D eigenvalue weighted by atomic mass is 9.97. The zero-order chi connectivity index (χ0) is 24.0. The van der Waals surface area contributed by atoms with Crippen LogP contribution >= 0.6 is 0 Å². The third kappa shape index (κ3) is 3.58. The third-order valence-corrected chi connectivity index (χ3v) is 6.41. The number of anilines is 1. The summed E-state index contributed by atoms with van der Waals surface area (Å²) < 4.78 is 12.0. The van der Waals surface area contributed by atoms with Crippen LogP contribution in [0.4, 0.5) is 5.69 Å². The molecule has 0 aliphatic carbocycles.